The second-order valence-corrected chi connectivity index (χ2v) is 12.5. The van der Waals surface area contributed by atoms with Crippen LogP contribution in [0.5, 0.6) is 0 Å². The minimum atomic E-state index is -0.0626. The van der Waals surface area contributed by atoms with Gasteiger partial charge in [-0.15, -0.1) is 0 Å². The fourth-order valence-corrected chi connectivity index (χ4v) is 6.99. The summed E-state index contributed by atoms with van der Waals surface area (Å²) in [6, 6.07) is 48.3. The Labute approximate surface area is 267 Å². The maximum atomic E-state index is 6.40. The first-order valence-electron chi connectivity index (χ1n) is 15.6. The van der Waals surface area contributed by atoms with Crippen LogP contribution in [-0.2, 0) is 5.41 Å². The van der Waals surface area contributed by atoms with Crippen molar-refractivity contribution in [3.8, 4) is 56.4 Å². The van der Waals surface area contributed by atoms with E-state index < -0.39 is 0 Å². The summed E-state index contributed by atoms with van der Waals surface area (Å²) in [4.78, 5) is 14.6. The molecule has 0 amide bonds. The van der Waals surface area contributed by atoms with Crippen LogP contribution in [0.25, 0.3) is 78.4 Å². The zero-order valence-corrected chi connectivity index (χ0v) is 25.5. The fraction of sp³-hybridized carbons (Fsp3) is 0.0714. The first kappa shape index (κ1) is 26.5. The van der Waals surface area contributed by atoms with Gasteiger partial charge in [0.05, 0.1) is 0 Å². The number of nitrogens with zero attached hydrogens (tertiary/aromatic N) is 3. The third-order valence-corrected chi connectivity index (χ3v) is 9.35. The molecule has 0 unspecified atom stereocenters. The first-order chi connectivity index (χ1) is 22.5. The van der Waals surface area contributed by atoms with E-state index in [0.29, 0.717) is 17.5 Å². The fourth-order valence-electron chi connectivity index (χ4n) is 6.99. The Kier molecular flexibility index (Phi) is 5.81. The molecule has 4 nitrogen and oxygen atoms in total. The zero-order chi connectivity index (χ0) is 30.8. The second kappa shape index (κ2) is 10.1. The van der Waals surface area contributed by atoms with E-state index in [0.717, 1.165) is 44.4 Å². The minimum Gasteiger partial charge on any atom is -0.456 e. The SMILES string of the molecule is CC1(C)c2ccccc2-c2c1ccc1oc3ccc(-c4ccc(-c5nc(-c6ccccc6)nc(-c6ccccc6)n5)cc4)cc3c21. The van der Waals surface area contributed by atoms with Gasteiger partial charge >= 0.3 is 0 Å². The third kappa shape index (κ3) is 4.11. The van der Waals surface area contributed by atoms with Crippen LogP contribution in [0, 0.1) is 0 Å². The molecule has 2 heterocycles. The molecule has 0 bridgehead atoms. The molecule has 0 saturated carbocycles. The van der Waals surface area contributed by atoms with Gasteiger partial charge in [0.15, 0.2) is 17.5 Å². The summed E-state index contributed by atoms with van der Waals surface area (Å²) in [5.41, 5.74) is 12.2. The highest BCUT2D eigenvalue weighted by Crippen LogP contribution is 2.53. The lowest BCUT2D eigenvalue weighted by molar-refractivity contribution is 0.656. The summed E-state index contributed by atoms with van der Waals surface area (Å²) in [5.74, 6) is 1.96. The highest BCUT2D eigenvalue weighted by atomic mass is 16.3. The number of aromatic nitrogens is 3. The topological polar surface area (TPSA) is 51.8 Å². The van der Waals surface area contributed by atoms with E-state index in [4.69, 9.17) is 19.4 Å². The smallest absolute Gasteiger partial charge is 0.164 e. The van der Waals surface area contributed by atoms with Gasteiger partial charge in [0.25, 0.3) is 0 Å². The molecule has 2 aromatic heterocycles. The Morgan fingerprint density at radius 1 is 0.457 bits per heavy atom. The second-order valence-electron chi connectivity index (χ2n) is 12.5. The zero-order valence-electron chi connectivity index (χ0n) is 25.5. The van der Waals surface area contributed by atoms with E-state index >= 15 is 0 Å². The number of rotatable bonds is 4. The van der Waals surface area contributed by atoms with Crippen LogP contribution in [0.1, 0.15) is 25.0 Å². The summed E-state index contributed by atoms with van der Waals surface area (Å²) in [5, 5.41) is 2.33. The van der Waals surface area contributed by atoms with Crippen molar-refractivity contribution in [2.75, 3.05) is 0 Å². The molecule has 1 aliphatic carbocycles. The van der Waals surface area contributed by atoms with Crippen LogP contribution in [0.15, 0.2) is 144 Å². The van der Waals surface area contributed by atoms with E-state index in [-0.39, 0.29) is 5.41 Å². The summed E-state index contributed by atoms with van der Waals surface area (Å²) in [7, 11) is 0. The van der Waals surface area contributed by atoms with Gasteiger partial charge in [-0.05, 0) is 51.6 Å². The Bertz CT molecular complexity index is 2370. The first-order valence-corrected chi connectivity index (χ1v) is 15.6. The van der Waals surface area contributed by atoms with Crippen molar-refractivity contribution in [2.24, 2.45) is 0 Å². The Morgan fingerprint density at radius 2 is 0.978 bits per heavy atom. The van der Waals surface area contributed by atoms with E-state index in [2.05, 4.69) is 92.7 Å². The molecule has 0 aliphatic heterocycles. The quantitative estimate of drug-likeness (QED) is 0.204. The van der Waals surface area contributed by atoms with Gasteiger partial charge in [-0.2, -0.15) is 0 Å². The molecule has 0 saturated heterocycles. The van der Waals surface area contributed by atoms with E-state index in [1.54, 1.807) is 0 Å². The van der Waals surface area contributed by atoms with Gasteiger partial charge in [-0.1, -0.05) is 135 Å². The lowest BCUT2D eigenvalue weighted by Gasteiger charge is -2.21. The highest BCUT2D eigenvalue weighted by molar-refractivity contribution is 6.15. The number of hydrogen-bond acceptors (Lipinski definition) is 4. The Morgan fingerprint density at radius 3 is 1.63 bits per heavy atom. The molecule has 0 fully saturated rings. The molecular weight excluding hydrogens is 562 g/mol. The van der Waals surface area contributed by atoms with Crippen molar-refractivity contribution in [3.05, 3.63) is 151 Å². The van der Waals surface area contributed by atoms with Gasteiger partial charge in [0.2, 0.25) is 0 Å². The van der Waals surface area contributed by atoms with Gasteiger partial charge in [0, 0.05) is 32.9 Å². The van der Waals surface area contributed by atoms with Crippen molar-refractivity contribution >= 4 is 21.9 Å². The summed E-state index contributed by atoms with van der Waals surface area (Å²) >= 11 is 0. The van der Waals surface area contributed by atoms with Gasteiger partial charge in [-0.3, -0.25) is 0 Å². The largest absolute Gasteiger partial charge is 0.456 e. The van der Waals surface area contributed by atoms with E-state index in [1.807, 2.05) is 60.7 Å². The normalized spacial score (nSPS) is 13.2. The van der Waals surface area contributed by atoms with Gasteiger partial charge < -0.3 is 4.42 Å². The van der Waals surface area contributed by atoms with Crippen LogP contribution >= 0.6 is 0 Å². The molecule has 9 rings (SSSR count). The van der Waals surface area contributed by atoms with Crippen LogP contribution in [0.2, 0.25) is 0 Å². The lowest BCUT2D eigenvalue weighted by atomic mass is 9.82. The number of benzene rings is 6. The molecule has 0 N–H and O–H groups in total. The molecule has 0 atom stereocenters. The Balaban J connectivity index is 1.15. The van der Waals surface area contributed by atoms with Gasteiger partial charge in [0.1, 0.15) is 11.2 Å². The highest BCUT2D eigenvalue weighted by Gasteiger charge is 2.37. The minimum absolute atomic E-state index is 0.0626. The summed E-state index contributed by atoms with van der Waals surface area (Å²) in [6.45, 7) is 4.63. The molecular formula is C42H29N3O. The van der Waals surface area contributed by atoms with Crippen LogP contribution in [0.4, 0.5) is 0 Å². The van der Waals surface area contributed by atoms with Crippen molar-refractivity contribution in [1.29, 1.82) is 0 Å². The maximum Gasteiger partial charge on any atom is 0.164 e. The van der Waals surface area contributed by atoms with Crippen molar-refractivity contribution in [2.45, 2.75) is 19.3 Å². The molecule has 0 radical (unpaired) electrons. The average molecular weight is 592 g/mol. The molecule has 1 aliphatic rings. The molecule has 8 aromatic rings. The summed E-state index contributed by atoms with van der Waals surface area (Å²) < 4.78 is 6.40. The van der Waals surface area contributed by atoms with Crippen LogP contribution < -0.4 is 0 Å². The monoisotopic (exact) mass is 591 g/mol. The molecule has 46 heavy (non-hydrogen) atoms. The predicted octanol–water partition coefficient (Wildman–Crippen LogP) is 10.7. The van der Waals surface area contributed by atoms with E-state index in [1.165, 1.54) is 27.6 Å². The van der Waals surface area contributed by atoms with E-state index in [9.17, 15) is 0 Å². The maximum absolute atomic E-state index is 6.40. The lowest BCUT2D eigenvalue weighted by Crippen LogP contribution is -2.14. The number of fused-ring (bicyclic) bond motifs is 7. The van der Waals surface area contributed by atoms with Crippen molar-refractivity contribution in [1.82, 2.24) is 15.0 Å². The van der Waals surface area contributed by atoms with Crippen LogP contribution in [0.3, 0.4) is 0 Å². The molecule has 6 aromatic carbocycles. The summed E-state index contributed by atoms with van der Waals surface area (Å²) in [6.07, 6.45) is 0. The molecule has 4 heteroatoms. The van der Waals surface area contributed by atoms with Crippen LogP contribution in [-0.4, -0.2) is 15.0 Å². The molecule has 218 valence electrons. The average Bonchev–Trinajstić information content (AvgIpc) is 3.60. The van der Waals surface area contributed by atoms with Crippen molar-refractivity contribution < 1.29 is 4.42 Å². The van der Waals surface area contributed by atoms with Crippen molar-refractivity contribution in [3.63, 3.8) is 0 Å². The molecule has 0 spiro atoms. The third-order valence-electron chi connectivity index (χ3n) is 9.35. The Hall–Kier alpha value is -5.87. The predicted molar refractivity (Wildman–Crippen MR) is 186 cm³/mol. The van der Waals surface area contributed by atoms with Gasteiger partial charge in [-0.25, -0.2) is 15.0 Å². The standard InChI is InChI=1S/C42H29N3O/c1-42(2)33-16-10-9-15-31(33)37-34(42)22-24-36-38(37)32-25-30(21-23-35(32)46-36)26-17-19-29(20-18-26)41-44-39(27-11-5-3-6-12-27)43-40(45-41)28-13-7-4-8-14-28/h3-25H,1-2H3. The number of furan rings is 1. The number of hydrogen-bond donors (Lipinski definition) is 0.